The minimum atomic E-state index is -0.333. The Kier molecular flexibility index (Phi) is 3.26. The zero-order valence-corrected chi connectivity index (χ0v) is 10.7. The van der Waals surface area contributed by atoms with E-state index in [0.717, 1.165) is 5.69 Å². The standard InChI is InChI=1S/C15H13FN4/c16-13-9-5-4-8-12(13)15-19-18-14(10-17)20(15)11-6-2-1-3-7-11/h1-9H,10,17H2. The summed E-state index contributed by atoms with van der Waals surface area (Å²) < 4.78 is 15.7. The van der Waals surface area contributed by atoms with Crippen LogP contribution in [0.5, 0.6) is 0 Å². The third kappa shape index (κ3) is 2.08. The van der Waals surface area contributed by atoms with E-state index < -0.39 is 0 Å². The van der Waals surface area contributed by atoms with Gasteiger partial charge in [0.25, 0.3) is 0 Å². The lowest BCUT2D eigenvalue weighted by Crippen LogP contribution is -2.08. The molecule has 4 nitrogen and oxygen atoms in total. The second kappa shape index (κ2) is 5.22. The number of hydrogen-bond donors (Lipinski definition) is 1. The van der Waals surface area contributed by atoms with Crippen LogP contribution in [-0.2, 0) is 6.54 Å². The highest BCUT2D eigenvalue weighted by molar-refractivity contribution is 5.59. The fraction of sp³-hybridized carbons (Fsp3) is 0.0667. The first kappa shape index (κ1) is 12.5. The number of nitrogens with two attached hydrogens (primary N) is 1. The van der Waals surface area contributed by atoms with Crippen LogP contribution in [0.3, 0.4) is 0 Å². The van der Waals surface area contributed by atoms with Crippen molar-refractivity contribution in [3.8, 4) is 17.1 Å². The Labute approximate surface area is 115 Å². The van der Waals surface area contributed by atoms with Gasteiger partial charge in [-0.1, -0.05) is 30.3 Å². The molecule has 1 heterocycles. The number of halogens is 1. The van der Waals surface area contributed by atoms with Gasteiger partial charge in [-0.05, 0) is 24.3 Å². The highest BCUT2D eigenvalue weighted by Crippen LogP contribution is 2.24. The van der Waals surface area contributed by atoms with E-state index in [1.807, 2.05) is 30.3 Å². The average Bonchev–Trinajstić information content (AvgIpc) is 2.92. The molecule has 3 aromatic rings. The van der Waals surface area contributed by atoms with E-state index in [1.54, 1.807) is 22.8 Å². The molecule has 0 bridgehead atoms. The van der Waals surface area contributed by atoms with Crippen LogP contribution in [0.25, 0.3) is 17.1 Å². The smallest absolute Gasteiger partial charge is 0.171 e. The second-order valence-corrected chi connectivity index (χ2v) is 4.29. The lowest BCUT2D eigenvalue weighted by molar-refractivity contribution is 0.629. The summed E-state index contributed by atoms with van der Waals surface area (Å²) in [5, 5.41) is 8.14. The van der Waals surface area contributed by atoms with E-state index in [-0.39, 0.29) is 12.4 Å². The van der Waals surface area contributed by atoms with Crippen LogP contribution in [0, 0.1) is 5.82 Å². The van der Waals surface area contributed by atoms with Crippen LogP contribution in [0.1, 0.15) is 5.82 Å². The summed E-state index contributed by atoms with van der Waals surface area (Å²) >= 11 is 0. The van der Waals surface area contributed by atoms with Crippen molar-refractivity contribution in [2.45, 2.75) is 6.54 Å². The second-order valence-electron chi connectivity index (χ2n) is 4.29. The fourth-order valence-electron chi connectivity index (χ4n) is 2.11. The van der Waals surface area contributed by atoms with Crippen molar-refractivity contribution in [2.75, 3.05) is 0 Å². The van der Waals surface area contributed by atoms with Gasteiger partial charge in [0, 0.05) is 5.69 Å². The van der Waals surface area contributed by atoms with Crippen molar-refractivity contribution < 1.29 is 4.39 Å². The Hall–Kier alpha value is -2.53. The molecule has 0 aliphatic rings. The van der Waals surface area contributed by atoms with E-state index in [4.69, 9.17) is 5.73 Å². The average molecular weight is 268 g/mol. The predicted molar refractivity (Wildman–Crippen MR) is 74.6 cm³/mol. The first-order valence-corrected chi connectivity index (χ1v) is 6.26. The first-order chi connectivity index (χ1) is 9.81. The zero-order valence-electron chi connectivity index (χ0n) is 10.7. The lowest BCUT2D eigenvalue weighted by Gasteiger charge is -2.10. The van der Waals surface area contributed by atoms with Gasteiger partial charge in [-0.15, -0.1) is 10.2 Å². The van der Waals surface area contributed by atoms with Crippen molar-refractivity contribution in [2.24, 2.45) is 5.73 Å². The molecular weight excluding hydrogens is 255 g/mol. The van der Waals surface area contributed by atoms with E-state index in [1.165, 1.54) is 6.07 Å². The Balaban J connectivity index is 2.24. The van der Waals surface area contributed by atoms with Crippen molar-refractivity contribution in [3.05, 3.63) is 66.2 Å². The van der Waals surface area contributed by atoms with E-state index in [0.29, 0.717) is 17.2 Å². The van der Waals surface area contributed by atoms with Gasteiger partial charge in [0.2, 0.25) is 0 Å². The van der Waals surface area contributed by atoms with E-state index in [9.17, 15) is 4.39 Å². The lowest BCUT2D eigenvalue weighted by atomic mass is 10.2. The van der Waals surface area contributed by atoms with Crippen LogP contribution >= 0.6 is 0 Å². The van der Waals surface area contributed by atoms with Crippen LogP contribution in [0.15, 0.2) is 54.6 Å². The quantitative estimate of drug-likeness (QED) is 0.794. The van der Waals surface area contributed by atoms with Crippen molar-refractivity contribution in [1.82, 2.24) is 14.8 Å². The highest BCUT2D eigenvalue weighted by atomic mass is 19.1. The maximum Gasteiger partial charge on any atom is 0.171 e. The molecule has 0 amide bonds. The van der Waals surface area contributed by atoms with Gasteiger partial charge in [0.1, 0.15) is 5.82 Å². The van der Waals surface area contributed by atoms with Crippen molar-refractivity contribution >= 4 is 0 Å². The molecule has 0 atom stereocenters. The number of aromatic nitrogens is 3. The number of hydrogen-bond acceptors (Lipinski definition) is 3. The van der Waals surface area contributed by atoms with Gasteiger partial charge < -0.3 is 5.73 Å². The predicted octanol–water partition coefficient (Wildman–Crippen LogP) is 2.53. The summed E-state index contributed by atoms with van der Waals surface area (Å²) in [6.07, 6.45) is 0. The summed E-state index contributed by atoms with van der Waals surface area (Å²) in [5.41, 5.74) is 6.96. The summed E-state index contributed by atoms with van der Waals surface area (Å²) in [5.74, 6) is 0.713. The topological polar surface area (TPSA) is 56.7 Å². The summed E-state index contributed by atoms with van der Waals surface area (Å²) in [6, 6.07) is 16.0. The van der Waals surface area contributed by atoms with Crippen LogP contribution in [-0.4, -0.2) is 14.8 Å². The molecule has 100 valence electrons. The van der Waals surface area contributed by atoms with Crippen LogP contribution < -0.4 is 5.73 Å². The third-order valence-electron chi connectivity index (χ3n) is 3.04. The molecule has 5 heteroatoms. The van der Waals surface area contributed by atoms with Gasteiger partial charge in [0.05, 0.1) is 12.1 Å². The molecule has 0 saturated carbocycles. The Morgan fingerprint density at radius 1 is 0.950 bits per heavy atom. The molecule has 0 spiro atoms. The van der Waals surface area contributed by atoms with Crippen LogP contribution in [0.4, 0.5) is 4.39 Å². The number of rotatable bonds is 3. The molecular formula is C15H13FN4. The van der Waals surface area contributed by atoms with Crippen LogP contribution in [0.2, 0.25) is 0 Å². The molecule has 1 aromatic heterocycles. The fourth-order valence-corrected chi connectivity index (χ4v) is 2.11. The molecule has 2 aromatic carbocycles. The SMILES string of the molecule is NCc1nnc(-c2ccccc2F)n1-c1ccccc1. The molecule has 3 rings (SSSR count). The van der Waals surface area contributed by atoms with Gasteiger partial charge in [0.15, 0.2) is 11.6 Å². The summed E-state index contributed by atoms with van der Waals surface area (Å²) in [6.45, 7) is 0.232. The Bertz CT molecular complexity index is 722. The summed E-state index contributed by atoms with van der Waals surface area (Å²) in [7, 11) is 0. The summed E-state index contributed by atoms with van der Waals surface area (Å²) in [4.78, 5) is 0. The molecule has 0 fully saturated rings. The van der Waals surface area contributed by atoms with Gasteiger partial charge in [-0.3, -0.25) is 4.57 Å². The Morgan fingerprint density at radius 3 is 2.35 bits per heavy atom. The number of para-hydroxylation sites is 1. The van der Waals surface area contributed by atoms with E-state index in [2.05, 4.69) is 10.2 Å². The van der Waals surface area contributed by atoms with Crippen molar-refractivity contribution in [1.29, 1.82) is 0 Å². The normalized spacial score (nSPS) is 10.7. The third-order valence-corrected chi connectivity index (χ3v) is 3.04. The number of benzene rings is 2. The Morgan fingerprint density at radius 2 is 1.65 bits per heavy atom. The monoisotopic (exact) mass is 268 g/mol. The number of nitrogens with zero attached hydrogens (tertiary/aromatic N) is 3. The molecule has 0 saturated heterocycles. The largest absolute Gasteiger partial charge is 0.324 e. The molecule has 0 radical (unpaired) electrons. The van der Waals surface area contributed by atoms with Gasteiger partial charge >= 0.3 is 0 Å². The minimum absolute atomic E-state index is 0.232. The van der Waals surface area contributed by atoms with Gasteiger partial charge in [-0.25, -0.2) is 4.39 Å². The molecule has 0 aliphatic carbocycles. The van der Waals surface area contributed by atoms with E-state index >= 15 is 0 Å². The maximum atomic E-state index is 14.0. The van der Waals surface area contributed by atoms with Gasteiger partial charge in [-0.2, -0.15) is 0 Å². The van der Waals surface area contributed by atoms with Crippen molar-refractivity contribution in [3.63, 3.8) is 0 Å². The molecule has 0 unspecified atom stereocenters. The molecule has 20 heavy (non-hydrogen) atoms. The highest BCUT2D eigenvalue weighted by Gasteiger charge is 2.16. The maximum absolute atomic E-state index is 14.0. The first-order valence-electron chi connectivity index (χ1n) is 6.26. The minimum Gasteiger partial charge on any atom is -0.324 e. The molecule has 2 N–H and O–H groups in total. The molecule has 0 aliphatic heterocycles. The zero-order chi connectivity index (χ0) is 13.9.